The number of ketones is 1. The Hall–Kier alpha value is -2.19. The van der Waals surface area contributed by atoms with Gasteiger partial charge in [0.2, 0.25) is 0 Å². The molecule has 0 radical (unpaired) electrons. The van der Waals surface area contributed by atoms with E-state index in [1.807, 2.05) is 27.7 Å². The minimum absolute atomic E-state index is 0.0553. The number of thioether (sulfide) groups is 1. The summed E-state index contributed by atoms with van der Waals surface area (Å²) in [5, 5.41) is 1.14. The summed E-state index contributed by atoms with van der Waals surface area (Å²) in [7, 11) is 1.37. The fraction of sp³-hybridized carbons (Fsp3) is 0.350. The van der Waals surface area contributed by atoms with Crippen LogP contribution in [-0.2, 0) is 0 Å². The molecule has 148 valence electrons. The van der Waals surface area contributed by atoms with Crippen molar-refractivity contribution in [2.75, 3.05) is 12.9 Å². The van der Waals surface area contributed by atoms with Gasteiger partial charge in [-0.25, -0.2) is 9.37 Å². The molecular weight excluding hydrogens is 399 g/mol. The number of thiophene rings is 1. The number of aryl methyl sites for hydroxylation is 2. The summed E-state index contributed by atoms with van der Waals surface area (Å²) in [6.45, 7) is 7.72. The van der Waals surface area contributed by atoms with Crippen LogP contribution in [0.15, 0.2) is 28.2 Å². The van der Waals surface area contributed by atoms with Crippen molar-refractivity contribution in [3.05, 3.63) is 50.4 Å². The van der Waals surface area contributed by atoms with Gasteiger partial charge in [0.1, 0.15) is 4.83 Å². The topological polar surface area (TPSA) is 61.2 Å². The van der Waals surface area contributed by atoms with Gasteiger partial charge in [0.25, 0.3) is 5.56 Å². The number of Topliss-reactive ketones (excluding diaryl/α,β-unsaturated/α-hetero) is 1. The number of methoxy groups -OCH3 is 1. The van der Waals surface area contributed by atoms with Gasteiger partial charge in [-0.1, -0.05) is 11.8 Å². The summed E-state index contributed by atoms with van der Waals surface area (Å²) in [4.78, 5) is 31.9. The Balaban J connectivity index is 1.93. The fourth-order valence-electron chi connectivity index (χ4n) is 2.90. The van der Waals surface area contributed by atoms with Crippen molar-refractivity contribution >= 4 is 39.1 Å². The second-order valence-electron chi connectivity index (χ2n) is 6.69. The van der Waals surface area contributed by atoms with E-state index in [0.29, 0.717) is 15.4 Å². The van der Waals surface area contributed by atoms with Crippen LogP contribution in [0.5, 0.6) is 5.75 Å². The third-order valence-electron chi connectivity index (χ3n) is 4.53. The Morgan fingerprint density at radius 2 is 2.07 bits per heavy atom. The second kappa shape index (κ2) is 8.05. The summed E-state index contributed by atoms with van der Waals surface area (Å²) < 4.78 is 20.4. The molecule has 0 aliphatic rings. The Labute approximate surface area is 170 Å². The number of hydrogen-bond donors (Lipinski definition) is 0. The highest BCUT2D eigenvalue weighted by molar-refractivity contribution is 7.99. The van der Waals surface area contributed by atoms with Gasteiger partial charge in [-0.3, -0.25) is 14.2 Å². The van der Waals surface area contributed by atoms with Crippen molar-refractivity contribution in [2.24, 2.45) is 0 Å². The first-order valence-corrected chi connectivity index (χ1v) is 10.6. The van der Waals surface area contributed by atoms with Crippen LogP contribution in [0.2, 0.25) is 0 Å². The van der Waals surface area contributed by atoms with Crippen LogP contribution in [0.3, 0.4) is 0 Å². The smallest absolute Gasteiger partial charge is 0.263 e. The average molecular weight is 421 g/mol. The van der Waals surface area contributed by atoms with E-state index in [1.54, 1.807) is 4.57 Å². The quantitative estimate of drug-likeness (QED) is 0.326. The maximum absolute atomic E-state index is 13.9. The van der Waals surface area contributed by atoms with Crippen LogP contribution < -0.4 is 10.3 Å². The van der Waals surface area contributed by atoms with E-state index < -0.39 is 5.82 Å². The Bertz CT molecular complexity index is 1120. The van der Waals surface area contributed by atoms with Crippen LogP contribution >= 0.6 is 23.1 Å². The molecule has 0 atom stereocenters. The molecule has 0 bridgehead atoms. The lowest BCUT2D eigenvalue weighted by Gasteiger charge is -2.15. The molecule has 8 heteroatoms. The van der Waals surface area contributed by atoms with E-state index in [-0.39, 0.29) is 34.5 Å². The van der Waals surface area contributed by atoms with Crippen molar-refractivity contribution in [3.8, 4) is 5.75 Å². The first kappa shape index (κ1) is 20.5. The maximum Gasteiger partial charge on any atom is 0.263 e. The molecule has 2 aromatic heterocycles. The van der Waals surface area contributed by atoms with Crippen molar-refractivity contribution < 1.29 is 13.9 Å². The molecule has 1 aromatic carbocycles. The van der Waals surface area contributed by atoms with Crippen molar-refractivity contribution in [2.45, 2.75) is 38.9 Å². The maximum atomic E-state index is 13.9. The molecule has 0 unspecified atom stereocenters. The normalized spacial score (nSPS) is 11.4. The molecule has 0 fully saturated rings. The fourth-order valence-corrected chi connectivity index (χ4v) is 4.99. The highest BCUT2D eigenvalue weighted by atomic mass is 32.2. The Morgan fingerprint density at radius 1 is 1.36 bits per heavy atom. The average Bonchev–Trinajstić information content (AvgIpc) is 2.93. The van der Waals surface area contributed by atoms with Crippen molar-refractivity contribution in [1.82, 2.24) is 9.55 Å². The second-order valence-corrected chi connectivity index (χ2v) is 8.83. The molecule has 2 heterocycles. The number of hydrogen-bond acceptors (Lipinski definition) is 6. The molecule has 5 nitrogen and oxygen atoms in total. The molecule has 3 rings (SSSR count). The molecule has 3 aromatic rings. The number of nitrogens with zero attached hydrogens (tertiary/aromatic N) is 2. The number of benzene rings is 1. The van der Waals surface area contributed by atoms with Gasteiger partial charge in [-0.05, 0) is 51.5 Å². The highest BCUT2D eigenvalue weighted by Crippen LogP contribution is 2.30. The van der Waals surface area contributed by atoms with Crippen LogP contribution in [0.4, 0.5) is 4.39 Å². The third kappa shape index (κ3) is 3.71. The zero-order valence-corrected chi connectivity index (χ0v) is 18.0. The minimum Gasteiger partial charge on any atom is -0.494 e. The van der Waals surface area contributed by atoms with Gasteiger partial charge in [0.15, 0.2) is 22.5 Å². The van der Waals surface area contributed by atoms with E-state index in [2.05, 4.69) is 4.98 Å². The number of halogens is 1. The van der Waals surface area contributed by atoms with Gasteiger partial charge in [-0.15, -0.1) is 11.3 Å². The number of ether oxygens (including phenoxy) is 1. The molecule has 0 N–H and O–H groups in total. The molecule has 0 saturated carbocycles. The van der Waals surface area contributed by atoms with E-state index in [0.717, 1.165) is 10.4 Å². The van der Waals surface area contributed by atoms with E-state index in [1.165, 1.54) is 48.4 Å². The Morgan fingerprint density at radius 3 is 2.68 bits per heavy atom. The SMILES string of the molecule is COc1ccc(C(=O)CSc2nc3sc(C)c(C)c3c(=O)n2C(C)C)cc1F. The monoisotopic (exact) mass is 420 g/mol. The third-order valence-corrected chi connectivity index (χ3v) is 6.58. The predicted octanol–water partition coefficient (Wildman–Crippen LogP) is 4.78. The van der Waals surface area contributed by atoms with Gasteiger partial charge in [0, 0.05) is 16.5 Å². The van der Waals surface area contributed by atoms with Gasteiger partial charge in [0.05, 0.1) is 18.2 Å². The number of aromatic nitrogens is 2. The lowest BCUT2D eigenvalue weighted by atomic mass is 10.1. The molecule has 0 aliphatic carbocycles. The first-order chi connectivity index (χ1) is 13.2. The lowest BCUT2D eigenvalue weighted by molar-refractivity contribution is 0.102. The van der Waals surface area contributed by atoms with Crippen molar-refractivity contribution in [3.63, 3.8) is 0 Å². The van der Waals surface area contributed by atoms with Crippen LogP contribution in [-0.4, -0.2) is 28.2 Å². The van der Waals surface area contributed by atoms with Crippen LogP contribution in [0.25, 0.3) is 10.2 Å². The van der Waals surface area contributed by atoms with Crippen LogP contribution in [0, 0.1) is 19.7 Å². The largest absolute Gasteiger partial charge is 0.494 e. The van der Waals surface area contributed by atoms with Crippen molar-refractivity contribution in [1.29, 1.82) is 0 Å². The minimum atomic E-state index is -0.582. The van der Waals surface area contributed by atoms with Gasteiger partial charge in [-0.2, -0.15) is 0 Å². The van der Waals surface area contributed by atoms with E-state index >= 15 is 0 Å². The summed E-state index contributed by atoms with van der Waals surface area (Å²) in [5.41, 5.74) is 1.12. The molecule has 0 spiro atoms. The standard InChI is InChI=1S/C20H21FN2O3S2/c1-10(2)23-19(25)17-11(3)12(4)28-18(17)22-20(23)27-9-15(24)13-6-7-16(26-5)14(21)8-13/h6-8,10H,9H2,1-5H3. The molecule has 0 saturated heterocycles. The zero-order valence-electron chi connectivity index (χ0n) is 16.3. The van der Waals surface area contributed by atoms with E-state index in [9.17, 15) is 14.0 Å². The highest BCUT2D eigenvalue weighted by Gasteiger charge is 2.19. The Kier molecular flexibility index (Phi) is 5.90. The summed E-state index contributed by atoms with van der Waals surface area (Å²) in [6.07, 6.45) is 0. The number of rotatable bonds is 6. The van der Waals surface area contributed by atoms with Gasteiger partial charge >= 0.3 is 0 Å². The number of carbonyl (C=O) groups excluding carboxylic acids is 1. The van der Waals surface area contributed by atoms with Crippen LogP contribution in [0.1, 0.15) is 40.7 Å². The summed E-state index contributed by atoms with van der Waals surface area (Å²) >= 11 is 2.67. The molecular formula is C20H21FN2O3S2. The molecule has 0 aliphatic heterocycles. The number of fused-ring (bicyclic) bond motifs is 1. The summed E-state index contributed by atoms with van der Waals surface area (Å²) in [5.74, 6) is -0.676. The van der Waals surface area contributed by atoms with E-state index in [4.69, 9.17) is 4.74 Å². The number of carbonyl (C=O) groups is 1. The molecule has 0 amide bonds. The zero-order chi connectivity index (χ0) is 20.6. The van der Waals surface area contributed by atoms with Gasteiger partial charge < -0.3 is 4.74 Å². The summed E-state index contributed by atoms with van der Waals surface area (Å²) in [6, 6.07) is 4.03. The lowest BCUT2D eigenvalue weighted by Crippen LogP contribution is -2.25. The first-order valence-electron chi connectivity index (χ1n) is 8.76. The predicted molar refractivity (Wildman–Crippen MR) is 112 cm³/mol. The molecule has 28 heavy (non-hydrogen) atoms.